The van der Waals surface area contributed by atoms with Crippen LogP contribution in [0.2, 0.25) is 0 Å². The third kappa shape index (κ3) is 2.84. The SMILES string of the molecule is NC(=O)CC1CNCCN1C(=O)c1cccnc1. The van der Waals surface area contributed by atoms with Crippen LogP contribution in [0.15, 0.2) is 24.5 Å². The van der Waals surface area contributed by atoms with Gasteiger partial charge >= 0.3 is 0 Å². The molecule has 2 amide bonds. The Bertz CT molecular complexity index is 435. The minimum absolute atomic E-state index is 0.101. The summed E-state index contributed by atoms with van der Waals surface area (Å²) in [5.41, 5.74) is 5.74. The van der Waals surface area contributed by atoms with Crippen molar-refractivity contribution in [2.75, 3.05) is 19.6 Å². The van der Waals surface area contributed by atoms with Gasteiger partial charge < -0.3 is 16.0 Å². The quantitative estimate of drug-likeness (QED) is 0.745. The first-order valence-corrected chi connectivity index (χ1v) is 5.88. The van der Waals surface area contributed by atoms with Crippen LogP contribution in [0.1, 0.15) is 16.8 Å². The van der Waals surface area contributed by atoms with E-state index in [9.17, 15) is 9.59 Å². The maximum Gasteiger partial charge on any atom is 0.255 e. The van der Waals surface area contributed by atoms with Crippen LogP contribution in [0.25, 0.3) is 0 Å². The fourth-order valence-corrected chi connectivity index (χ4v) is 2.10. The number of nitrogens with one attached hydrogen (secondary N) is 1. The Kier molecular flexibility index (Phi) is 3.88. The number of carbonyl (C=O) groups is 2. The Hall–Kier alpha value is -1.95. The molecule has 1 fully saturated rings. The van der Waals surface area contributed by atoms with Crippen LogP contribution < -0.4 is 11.1 Å². The molecule has 2 heterocycles. The molecule has 1 atom stereocenters. The first-order chi connectivity index (χ1) is 8.68. The topological polar surface area (TPSA) is 88.3 Å². The van der Waals surface area contributed by atoms with Crippen LogP contribution in [0, 0.1) is 0 Å². The lowest BCUT2D eigenvalue weighted by molar-refractivity contribution is -0.119. The van der Waals surface area contributed by atoms with Crippen molar-refractivity contribution >= 4 is 11.8 Å². The summed E-state index contributed by atoms with van der Waals surface area (Å²) in [4.78, 5) is 28.9. The number of hydrogen-bond acceptors (Lipinski definition) is 4. The zero-order chi connectivity index (χ0) is 13.0. The Balaban J connectivity index is 2.13. The number of amides is 2. The second-order valence-corrected chi connectivity index (χ2v) is 4.27. The molecular weight excluding hydrogens is 232 g/mol. The molecule has 1 aromatic rings. The van der Waals surface area contributed by atoms with Crippen LogP contribution in [-0.4, -0.2) is 47.4 Å². The van der Waals surface area contributed by atoms with Gasteiger partial charge in [-0.3, -0.25) is 14.6 Å². The molecule has 0 aliphatic carbocycles. The van der Waals surface area contributed by atoms with Crippen LogP contribution in [0.3, 0.4) is 0 Å². The Morgan fingerprint density at radius 1 is 1.56 bits per heavy atom. The van der Waals surface area contributed by atoms with Gasteiger partial charge in [0, 0.05) is 38.4 Å². The molecule has 0 saturated carbocycles. The molecule has 1 aliphatic rings. The van der Waals surface area contributed by atoms with Gasteiger partial charge in [0.25, 0.3) is 5.91 Å². The number of primary amides is 1. The summed E-state index contributed by atoms with van der Waals surface area (Å²) in [6.45, 7) is 1.89. The van der Waals surface area contributed by atoms with Gasteiger partial charge in [0.1, 0.15) is 0 Å². The molecule has 0 radical (unpaired) electrons. The van der Waals surface area contributed by atoms with E-state index >= 15 is 0 Å². The van der Waals surface area contributed by atoms with Crippen molar-refractivity contribution in [3.05, 3.63) is 30.1 Å². The Morgan fingerprint density at radius 3 is 3.06 bits per heavy atom. The number of carbonyl (C=O) groups excluding carboxylic acids is 2. The molecule has 1 aliphatic heterocycles. The van der Waals surface area contributed by atoms with E-state index in [2.05, 4.69) is 10.3 Å². The minimum atomic E-state index is -0.396. The van der Waals surface area contributed by atoms with Gasteiger partial charge in [0.05, 0.1) is 11.6 Å². The highest BCUT2D eigenvalue weighted by atomic mass is 16.2. The number of nitrogens with two attached hydrogens (primary N) is 1. The number of rotatable bonds is 3. The van der Waals surface area contributed by atoms with Crippen LogP contribution >= 0.6 is 0 Å². The van der Waals surface area contributed by atoms with Crippen molar-refractivity contribution in [1.82, 2.24) is 15.2 Å². The lowest BCUT2D eigenvalue weighted by Gasteiger charge is -2.35. The third-order valence-electron chi connectivity index (χ3n) is 2.96. The lowest BCUT2D eigenvalue weighted by Crippen LogP contribution is -2.54. The fourth-order valence-electron chi connectivity index (χ4n) is 2.10. The van der Waals surface area contributed by atoms with E-state index in [1.54, 1.807) is 23.2 Å². The molecule has 0 bridgehead atoms. The molecule has 2 rings (SSSR count). The molecule has 6 nitrogen and oxygen atoms in total. The highest BCUT2D eigenvalue weighted by Gasteiger charge is 2.28. The molecule has 1 aromatic heterocycles. The van der Waals surface area contributed by atoms with Crippen molar-refractivity contribution in [1.29, 1.82) is 0 Å². The van der Waals surface area contributed by atoms with E-state index in [4.69, 9.17) is 5.73 Å². The first-order valence-electron chi connectivity index (χ1n) is 5.88. The van der Waals surface area contributed by atoms with E-state index in [-0.39, 0.29) is 18.4 Å². The maximum absolute atomic E-state index is 12.3. The third-order valence-corrected chi connectivity index (χ3v) is 2.96. The average molecular weight is 248 g/mol. The molecule has 0 aromatic carbocycles. The summed E-state index contributed by atoms with van der Waals surface area (Å²) in [7, 11) is 0. The predicted octanol–water partition coefficient (Wildman–Crippen LogP) is -0.629. The van der Waals surface area contributed by atoms with E-state index < -0.39 is 5.91 Å². The van der Waals surface area contributed by atoms with Crippen molar-refractivity contribution < 1.29 is 9.59 Å². The summed E-state index contributed by atoms with van der Waals surface area (Å²) in [6.07, 6.45) is 3.33. The van der Waals surface area contributed by atoms with Gasteiger partial charge in [-0.1, -0.05) is 0 Å². The lowest BCUT2D eigenvalue weighted by atomic mass is 10.1. The van der Waals surface area contributed by atoms with Crippen LogP contribution in [0.4, 0.5) is 0 Å². The highest BCUT2D eigenvalue weighted by Crippen LogP contribution is 2.12. The predicted molar refractivity (Wildman–Crippen MR) is 65.7 cm³/mol. The Labute approximate surface area is 105 Å². The Morgan fingerprint density at radius 2 is 2.39 bits per heavy atom. The van der Waals surface area contributed by atoms with Gasteiger partial charge in [-0.25, -0.2) is 0 Å². The van der Waals surface area contributed by atoms with Crippen molar-refractivity contribution in [3.8, 4) is 0 Å². The number of hydrogen-bond donors (Lipinski definition) is 2. The smallest absolute Gasteiger partial charge is 0.255 e. The number of piperazine rings is 1. The summed E-state index contributed by atoms with van der Waals surface area (Å²) >= 11 is 0. The zero-order valence-electron chi connectivity index (χ0n) is 10.0. The van der Waals surface area contributed by atoms with Gasteiger partial charge in [0.2, 0.25) is 5.91 Å². The van der Waals surface area contributed by atoms with Gasteiger partial charge in [0.15, 0.2) is 0 Å². The zero-order valence-corrected chi connectivity index (χ0v) is 10.0. The summed E-state index contributed by atoms with van der Waals surface area (Å²) in [6, 6.07) is 3.26. The first kappa shape index (κ1) is 12.5. The molecule has 1 saturated heterocycles. The summed E-state index contributed by atoms with van der Waals surface area (Å²) < 4.78 is 0. The standard InChI is InChI=1S/C12H16N4O2/c13-11(17)6-10-8-15-4-5-16(10)12(18)9-2-1-3-14-7-9/h1-3,7,10,15H,4-6,8H2,(H2,13,17). The van der Waals surface area contributed by atoms with Gasteiger partial charge in [-0.15, -0.1) is 0 Å². The van der Waals surface area contributed by atoms with E-state index in [1.165, 1.54) is 6.20 Å². The number of pyridine rings is 1. The molecule has 96 valence electrons. The molecule has 0 spiro atoms. The highest BCUT2D eigenvalue weighted by molar-refractivity contribution is 5.94. The van der Waals surface area contributed by atoms with Crippen molar-refractivity contribution in [2.45, 2.75) is 12.5 Å². The monoisotopic (exact) mass is 248 g/mol. The largest absolute Gasteiger partial charge is 0.370 e. The van der Waals surface area contributed by atoms with Crippen LogP contribution in [-0.2, 0) is 4.79 Å². The molecule has 1 unspecified atom stereocenters. The molecular formula is C12H16N4O2. The average Bonchev–Trinajstić information content (AvgIpc) is 2.39. The molecule has 3 N–H and O–H groups in total. The fraction of sp³-hybridized carbons (Fsp3) is 0.417. The van der Waals surface area contributed by atoms with Crippen molar-refractivity contribution in [3.63, 3.8) is 0 Å². The summed E-state index contributed by atoms with van der Waals surface area (Å²) in [5, 5.41) is 3.16. The maximum atomic E-state index is 12.3. The van der Waals surface area contributed by atoms with E-state index in [0.717, 1.165) is 6.54 Å². The molecule has 6 heteroatoms. The second-order valence-electron chi connectivity index (χ2n) is 4.27. The number of aromatic nitrogens is 1. The summed E-state index contributed by atoms with van der Waals surface area (Å²) in [5.74, 6) is -0.497. The van der Waals surface area contributed by atoms with Gasteiger partial charge in [-0.05, 0) is 12.1 Å². The number of nitrogens with zero attached hydrogens (tertiary/aromatic N) is 2. The van der Waals surface area contributed by atoms with Gasteiger partial charge in [-0.2, -0.15) is 0 Å². The second kappa shape index (κ2) is 5.59. The van der Waals surface area contributed by atoms with Crippen LogP contribution in [0.5, 0.6) is 0 Å². The minimum Gasteiger partial charge on any atom is -0.370 e. The van der Waals surface area contributed by atoms with E-state index in [1.807, 2.05) is 0 Å². The normalized spacial score (nSPS) is 19.6. The molecule has 18 heavy (non-hydrogen) atoms. The van der Waals surface area contributed by atoms with Crippen molar-refractivity contribution in [2.24, 2.45) is 5.73 Å². The van der Waals surface area contributed by atoms with E-state index in [0.29, 0.717) is 18.7 Å².